The summed E-state index contributed by atoms with van der Waals surface area (Å²) >= 11 is 0. The minimum absolute atomic E-state index is 0.00285. The lowest BCUT2D eigenvalue weighted by Gasteiger charge is -2.21. The molecular weight excluding hydrogens is 273 g/mol. The molecule has 6 heteroatoms. The first-order chi connectivity index (χ1) is 9.97. The van der Waals surface area contributed by atoms with E-state index in [2.05, 4.69) is 10.6 Å². The van der Waals surface area contributed by atoms with Gasteiger partial charge in [0.25, 0.3) is 0 Å². The van der Waals surface area contributed by atoms with Gasteiger partial charge in [-0.2, -0.15) is 5.26 Å². The zero-order valence-electron chi connectivity index (χ0n) is 12.2. The van der Waals surface area contributed by atoms with Crippen molar-refractivity contribution < 1.29 is 14.3 Å². The Hall–Kier alpha value is -2.13. The predicted molar refractivity (Wildman–Crippen MR) is 76.8 cm³/mol. The third kappa shape index (κ3) is 5.40. The molecule has 0 radical (unpaired) electrons. The topological polar surface area (TPSA) is 85.2 Å². The van der Waals surface area contributed by atoms with E-state index in [0.717, 1.165) is 0 Å². The summed E-state index contributed by atoms with van der Waals surface area (Å²) < 4.78 is 13.6. The van der Waals surface area contributed by atoms with Crippen LogP contribution in [0.2, 0.25) is 0 Å². The number of urea groups is 1. The lowest BCUT2D eigenvalue weighted by Crippen LogP contribution is -2.44. The third-order valence-electron chi connectivity index (χ3n) is 3.18. The van der Waals surface area contributed by atoms with Crippen molar-refractivity contribution in [3.8, 4) is 6.07 Å². The standard InChI is InChI=1S/C15H20FN3O2/c1-10(2)14(5-6-20)19-15(21)18-9-12-7-11(8-17)3-4-13(12)16/h3-4,7,10,14,20H,5-6,9H2,1-2H3,(H2,18,19,21). The number of carbonyl (C=O) groups is 1. The van der Waals surface area contributed by atoms with Crippen LogP contribution in [0.1, 0.15) is 31.4 Å². The molecule has 114 valence electrons. The fourth-order valence-electron chi connectivity index (χ4n) is 1.89. The van der Waals surface area contributed by atoms with Crippen molar-refractivity contribution in [2.24, 2.45) is 5.92 Å². The van der Waals surface area contributed by atoms with E-state index >= 15 is 0 Å². The molecule has 0 saturated carbocycles. The van der Waals surface area contributed by atoms with Crippen LogP contribution < -0.4 is 10.6 Å². The van der Waals surface area contributed by atoms with E-state index in [-0.39, 0.29) is 30.7 Å². The summed E-state index contributed by atoms with van der Waals surface area (Å²) in [6.07, 6.45) is 0.462. The molecule has 21 heavy (non-hydrogen) atoms. The number of halogens is 1. The summed E-state index contributed by atoms with van der Waals surface area (Å²) in [5.41, 5.74) is 0.599. The van der Waals surface area contributed by atoms with Crippen LogP contribution in [0.5, 0.6) is 0 Å². The van der Waals surface area contributed by atoms with E-state index < -0.39 is 11.8 Å². The molecule has 0 aromatic heterocycles. The summed E-state index contributed by atoms with van der Waals surface area (Å²) in [5.74, 6) is -0.286. The fourth-order valence-corrected chi connectivity index (χ4v) is 1.89. The second-order valence-electron chi connectivity index (χ2n) is 5.11. The van der Waals surface area contributed by atoms with Crippen molar-refractivity contribution >= 4 is 6.03 Å². The Kier molecular flexibility index (Phi) is 6.63. The van der Waals surface area contributed by atoms with Crippen LogP contribution in [0.4, 0.5) is 9.18 Å². The summed E-state index contributed by atoms with van der Waals surface area (Å²) in [6, 6.07) is 5.34. The van der Waals surface area contributed by atoms with Crippen LogP contribution in [0, 0.1) is 23.1 Å². The molecule has 0 heterocycles. The highest BCUT2D eigenvalue weighted by atomic mass is 19.1. The Morgan fingerprint density at radius 1 is 1.48 bits per heavy atom. The van der Waals surface area contributed by atoms with Crippen LogP contribution in [0.15, 0.2) is 18.2 Å². The van der Waals surface area contributed by atoms with E-state index in [1.54, 1.807) is 0 Å². The number of hydrogen-bond donors (Lipinski definition) is 3. The molecule has 1 unspecified atom stereocenters. The quantitative estimate of drug-likeness (QED) is 0.749. The van der Waals surface area contributed by atoms with Crippen molar-refractivity contribution in [2.45, 2.75) is 32.9 Å². The number of amides is 2. The van der Waals surface area contributed by atoms with Crippen LogP contribution in [-0.2, 0) is 6.54 Å². The van der Waals surface area contributed by atoms with E-state index in [1.807, 2.05) is 19.9 Å². The Balaban J connectivity index is 2.58. The maximum absolute atomic E-state index is 13.6. The molecule has 0 bridgehead atoms. The van der Waals surface area contributed by atoms with Gasteiger partial charge in [-0.25, -0.2) is 9.18 Å². The molecule has 0 spiro atoms. The molecule has 0 aliphatic rings. The highest BCUT2D eigenvalue weighted by molar-refractivity contribution is 5.74. The van der Waals surface area contributed by atoms with E-state index in [0.29, 0.717) is 12.0 Å². The first kappa shape index (κ1) is 16.9. The number of hydrogen-bond acceptors (Lipinski definition) is 3. The van der Waals surface area contributed by atoms with Gasteiger partial charge in [-0.1, -0.05) is 13.8 Å². The summed E-state index contributed by atoms with van der Waals surface area (Å²) in [6.45, 7) is 3.87. The highest BCUT2D eigenvalue weighted by Crippen LogP contribution is 2.10. The summed E-state index contributed by atoms with van der Waals surface area (Å²) in [5, 5.41) is 23.0. The predicted octanol–water partition coefficient (Wildman–Crippen LogP) is 1.90. The van der Waals surface area contributed by atoms with Gasteiger partial charge >= 0.3 is 6.03 Å². The van der Waals surface area contributed by atoms with E-state index in [1.165, 1.54) is 18.2 Å². The smallest absolute Gasteiger partial charge is 0.315 e. The molecule has 0 aliphatic carbocycles. The highest BCUT2D eigenvalue weighted by Gasteiger charge is 2.15. The van der Waals surface area contributed by atoms with Crippen molar-refractivity contribution in [1.29, 1.82) is 5.26 Å². The monoisotopic (exact) mass is 293 g/mol. The molecular formula is C15H20FN3O2. The number of nitriles is 1. The maximum atomic E-state index is 13.6. The summed E-state index contributed by atoms with van der Waals surface area (Å²) in [7, 11) is 0. The largest absolute Gasteiger partial charge is 0.396 e. The molecule has 0 aliphatic heterocycles. The Morgan fingerprint density at radius 2 is 2.19 bits per heavy atom. The van der Waals surface area contributed by atoms with Gasteiger partial charge in [-0.15, -0.1) is 0 Å². The second-order valence-corrected chi connectivity index (χ2v) is 5.11. The molecule has 0 fully saturated rings. The van der Waals surface area contributed by atoms with Crippen molar-refractivity contribution in [3.63, 3.8) is 0 Å². The molecule has 3 N–H and O–H groups in total. The Labute approximate surface area is 123 Å². The van der Waals surface area contributed by atoms with Crippen LogP contribution in [-0.4, -0.2) is 23.8 Å². The molecule has 1 aromatic carbocycles. The van der Waals surface area contributed by atoms with Crippen molar-refractivity contribution in [1.82, 2.24) is 10.6 Å². The zero-order chi connectivity index (χ0) is 15.8. The first-order valence-electron chi connectivity index (χ1n) is 6.81. The second kappa shape index (κ2) is 8.22. The first-order valence-corrected chi connectivity index (χ1v) is 6.81. The van der Waals surface area contributed by atoms with E-state index in [9.17, 15) is 9.18 Å². The SMILES string of the molecule is CC(C)C(CCO)NC(=O)NCc1cc(C#N)ccc1F. The Morgan fingerprint density at radius 3 is 2.76 bits per heavy atom. The van der Waals surface area contributed by atoms with E-state index in [4.69, 9.17) is 10.4 Å². The fraction of sp³-hybridized carbons (Fsp3) is 0.467. The lowest BCUT2D eigenvalue weighted by atomic mass is 10.0. The van der Waals surface area contributed by atoms with Gasteiger partial charge in [0.05, 0.1) is 11.6 Å². The molecule has 2 amide bonds. The van der Waals surface area contributed by atoms with Gasteiger partial charge < -0.3 is 15.7 Å². The molecule has 1 rings (SSSR count). The number of carbonyl (C=O) groups excluding carboxylic acids is 1. The average molecular weight is 293 g/mol. The normalized spacial score (nSPS) is 11.8. The van der Waals surface area contributed by atoms with Gasteiger partial charge in [0.2, 0.25) is 0 Å². The maximum Gasteiger partial charge on any atom is 0.315 e. The number of nitrogens with zero attached hydrogens (tertiary/aromatic N) is 1. The summed E-state index contributed by atoms with van der Waals surface area (Å²) in [4.78, 5) is 11.8. The third-order valence-corrected chi connectivity index (χ3v) is 3.18. The van der Waals surface area contributed by atoms with Crippen molar-refractivity contribution in [2.75, 3.05) is 6.61 Å². The van der Waals surface area contributed by atoms with Gasteiger partial charge in [-0.05, 0) is 30.5 Å². The molecule has 5 nitrogen and oxygen atoms in total. The number of benzene rings is 1. The molecule has 0 saturated heterocycles. The zero-order valence-corrected chi connectivity index (χ0v) is 12.2. The van der Waals surface area contributed by atoms with Gasteiger partial charge in [-0.3, -0.25) is 0 Å². The number of aliphatic hydroxyl groups is 1. The van der Waals surface area contributed by atoms with Crippen LogP contribution in [0.25, 0.3) is 0 Å². The minimum atomic E-state index is -0.468. The molecule has 1 aromatic rings. The number of aliphatic hydroxyl groups excluding tert-OH is 1. The average Bonchev–Trinajstić information content (AvgIpc) is 2.45. The van der Waals surface area contributed by atoms with Crippen LogP contribution in [0.3, 0.4) is 0 Å². The lowest BCUT2D eigenvalue weighted by molar-refractivity contribution is 0.218. The van der Waals surface area contributed by atoms with Crippen LogP contribution >= 0.6 is 0 Å². The van der Waals surface area contributed by atoms with Gasteiger partial charge in [0, 0.05) is 24.8 Å². The molecule has 1 atom stereocenters. The van der Waals surface area contributed by atoms with Gasteiger partial charge in [0.15, 0.2) is 0 Å². The number of nitrogens with one attached hydrogen (secondary N) is 2. The van der Waals surface area contributed by atoms with Crippen molar-refractivity contribution in [3.05, 3.63) is 35.1 Å². The minimum Gasteiger partial charge on any atom is -0.396 e. The number of rotatable bonds is 6. The van der Waals surface area contributed by atoms with Gasteiger partial charge in [0.1, 0.15) is 5.82 Å². The Bertz CT molecular complexity index is 526.